The predicted molar refractivity (Wildman–Crippen MR) is 126 cm³/mol. The third kappa shape index (κ3) is 4.75. The minimum Gasteiger partial charge on any atom is -0.494 e. The van der Waals surface area contributed by atoms with Crippen LogP contribution in [0.15, 0.2) is 70.9 Å². The summed E-state index contributed by atoms with van der Waals surface area (Å²) in [6.45, 7) is 4.23. The summed E-state index contributed by atoms with van der Waals surface area (Å²) in [5.41, 5.74) is 2.64. The van der Waals surface area contributed by atoms with Crippen molar-refractivity contribution in [3.63, 3.8) is 0 Å². The molecule has 1 aliphatic heterocycles. The third-order valence-electron chi connectivity index (χ3n) is 4.97. The fraction of sp³-hybridized carbons (Fsp3) is 0.154. The van der Waals surface area contributed by atoms with Crippen molar-refractivity contribution in [2.45, 2.75) is 13.8 Å². The van der Waals surface area contributed by atoms with E-state index < -0.39 is 0 Å². The van der Waals surface area contributed by atoms with Crippen molar-refractivity contribution in [2.24, 2.45) is 0 Å². The molecule has 1 aliphatic rings. The van der Waals surface area contributed by atoms with Gasteiger partial charge in [0.05, 0.1) is 12.2 Å². The van der Waals surface area contributed by atoms with Crippen LogP contribution in [0.4, 0.5) is 0 Å². The maximum Gasteiger partial charge on any atom is 0.232 e. The number of hydrogen-bond acceptors (Lipinski definition) is 5. The number of benzene rings is 3. The summed E-state index contributed by atoms with van der Waals surface area (Å²) >= 11 is 3.35. The summed E-state index contributed by atoms with van der Waals surface area (Å²) in [6, 6.07) is 17.9. The van der Waals surface area contributed by atoms with Gasteiger partial charge in [0.15, 0.2) is 18.1 Å². The summed E-state index contributed by atoms with van der Waals surface area (Å²) in [5, 5.41) is 0. The van der Waals surface area contributed by atoms with E-state index in [1.807, 2.05) is 50.2 Å². The zero-order chi connectivity index (χ0) is 22.7. The van der Waals surface area contributed by atoms with E-state index >= 15 is 0 Å². The van der Waals surface area contributed by atoms with Crippen LogP contribution in [-0.4, -0.2) is 24.8 Å². The Kier molecular flexibility index (Phi) is 6.42. The monoisotopic (exact) mass is 492 g/mol. The number of aryl methyl sites for hydroxylation is 1. The van der Waals surface area contributed by atoms with Crippen molar-refractivity contribution < 1.29 is 23.8 Å². The van der Waals surface area contributed by atoms with Crippen LogP contribution in [-0.2, 0) is 0 Å². The number of fused-ring (bicyclic) bond motifs is 1. The lowest BCUT2D eigenvalue weighted by atomic mass is 10.0. The van der Waals surface area contributed by atoms with E-state index in [-0.39, 0.29) is 23.9 Å². The van der Waals surface area contributed by atoms with Crippen molar-refractivity contribution in [3.8, 4) is 17.2 Å². The Labute approximate surface area is 194 Å². The minimum absolute atomic E-state index is 0.108. The molecule has 162 valence electrons. The Morgan fingerprint density at radius 1 is 1.00 bits per heavy atom. The first kappa shape index (κ1) is 21.8. The molecular formula is C26H21BrO5. The predicted octanol–water partition coefficient (Wildman–Crippen LogP) is 6.03. The quantitative estimate of drug-likeness (QED) is 0.297. The highest BCUT2D eigenvalue weighted by atomic mass is 79.9. The number of carbonyl (C=O) groups excluding carboxylic acids is 2. The third-order valence-corrected chi connectivity index (χ3v) is 5.50. The van der Waals surface area contributed by atoms with Gasteiger partial charge in [0.2, 0.25) is 5.78 Å². The number of carbonyl (C=O) groups is 2. The highest BCUT2D eigenvalue weighted by Crippen LogP contribution is 2.37. The second-order valence-electron chi connectivity index (χ2n) is 7.27. The van der Waals surface area contributed by atoms with Gasteiger partial charge in [-0.25, -0.2) is 0 Å². The first-order chi connectivity index (χ1) is 15.4. The molecule has 0 aliphatic carbocycles. The zero-order valence-electron chi connectivity index (χ0n) is 17.7. The summed E-state index contributed by atoms with van der Waals surface area (Å²) < 4.78 is 17.9. The first-order valence-corrected chi connectivity index (χ1v) is 11.0. The van der Waals surface area contributed by atoms with Gasteiger partial charge in [-0.2, -0.15) is 0 Å². The number of allylic oxidation sites excluding steroid dienone is 1. The van der Waals surface area contributed by atoms with Gasteiger partial charge in [-0.15, -0.1) is 0 Å². The fourth-order valence-electron chi connectivity index (χ4n) is 3.41. The molecule has 0 N–H and O–H groups in total. The molecule has 5 nitrogen and oxygen atoms in total. The second-order valence-corrected chi connectivity index (χ2v) is 8.19. The van der Waals surface area contributed by atoms with E-state index in [0.29, 0.717) is 29.2 Å². The van der Waals surface area contributed by atoms with Gasteiger partial charge < -0.3 is 14.2 Å². The lowest BCUT2D eigenvalue weighted by molar-refractivity contribution is 0.0920. The molecule has 3 aromatic rings. The molecule has 0 amide bonds. The van der Waals surface area contributed by atoms with Gasteiger partial charge in [-0.3, -0.25) is 9.59 Å². The molecule has 1 heterocycles. The van der Waals surface area contributed by atoms with Crippen molar-refractivity contribution in [1.82, 2.24) is 0 Å². The van der Waals surface area contributed by atoms with E-state index in [4.69, 9.17) is 14.2 Å². The Bertz CT molecular complexity index is 1190. The molecule has 32 heavy (non-hydrogen) atoms. The van der Waals surface area contributed by atoms with Gasteiger partial charge >= 0.3 is 0 Å². The Hall–Kier alpha value is -3.38. The van der Waals surface area contributed by atoms with Gasteiger partial charge in [0.25, 0.3) is 0 Å². The topological polar surface area (TPSA) is 61.8 Å². The fourth-order valence-corrected chi connectivity index (χ4v) is 3.67. The van der Waals surface area contributed by atoms with Gasteiger partial charge in [-0.05, 0) is 61.4 Å². The molecular weight excluding hydrogens is 472 g/mol. The van der Waals surface area contributed by atoms with Crippen LogP contribution in [0.3, 0.4) is 0 Å². The molecule has 6 heteroatoms. The number of Topliss-reactive ketones (excluding diaryl/α,β-unsaturated/α-hetero) is 2. The maximum absolute atomic E-state index is 12.9. The SMILES string of the molecule is CCOc1ccc(/C=C2\Oc3cc(OCC(=O)c4ccc(Br)cc4)cc(C)c3C2=O)cc1. The molecule has 0 unspecified atom stereocenters. The average Bonchev–Trinajstić information content (AvgIpc) is 3.09. The number of hydrogen-bond donors (Lipinski definition) is 0. The largest absolute Gasteiger partial charge is 0.494 e. The van der Waals surface area contributed by atoms with E-state index in [2.05, 4.69) is 15.9 Å². The summed E-state index contributed by atoms with van der Waals surface area (Å²) in [4.78, 5) is 25.2. The van der Waals surface area contributed by atoms with Crippen LogP contribution >= 0.6 is 15.9 Å². The van der Waals surface area contributed by atoms with Crippen LogP contribution < -0.4 is 14.2 Å². The highest BCUT2D eigenvalue weighted by molar-refractivity contribution is 9.10. The van der Waals surface area contributed by atoms with Crippen LogP contribution in [0.2, 0.25) is 0 Å². The molecule has 4 rings (SSSR count). The molecule has 0 bridgehead atoms. The smallest absolute Gasteiger partial charge is 0.232 e. The van der Waals surface area contributed by atoms with E-state index in [0.717, 1.165) is 21.3 Å². The van der Waals surface area contributed by atoms with Crippen LogP contribution in [0.1, 0.15) is 38.8 Å². The molecule has 0 saturated heterocycles. The molecule has 3 aromatic carbocycles. The van der Waals surface area contributed by atoms with Crippen molar-refractivity contribution >= 4 is 33.6 Å². The summed E-state index contributed by atoms with van der Waals surface area (Å²) in [6.07, 6.45) is 1.70. The number of ketones is 2. The van der Waals surface area contributed by atoms with E-state index in [9.17, 15) is 9.59 Å². The summed E-state index contributed by atoms with van der Waals surface area (Å²) in [7, 11) is 0. The Balaban J connectivity index is 1.49. The molecule has 0 saturated carbocycles. The number of rotatable bonds is 7. The van der Waals surface area contributed by atoms with Crippen molar-refractivity contribution in [2.75, 3.05) is 13.2 Å². The molecule has 0 radical (unpaired) electrons. The number of ether oxygens (including phenoxy) is 3. The zero-order valence-corrected chi connectivity index (χ0v) is 19.3. The molecule has 0 spiro atoms. The van der Waals surface area contributed by atoms with E-state index in [1.54, 1.807) is 30.3 Å². The van der Waals surface area contributed by atoms with Crippen LogP contribution in [0.25, 0.3) is 6.08 Å². The lowest BCUT2D eigenvalue weighted by Crippen LogP contribution is -2.11. The first-order valence-electron chi connectivity index (χ1n) is 10.2. The normalized spacial score (nSPS) is 13.6. The molecule has 0 aromatic heterocycles. The minimum atomic E-state index is -0.177. The van der Waals surface area contributed by atoms with Crippen LogP contribution in [0, 0.1) is 6.92 Å². The maximum atomic E-state index is 12.9. The highest BCUT2D eigenvalue weighted by Gasteiger charge is 2.30. The second kappa shape index (κ2) is 9.40. The number of halogens is 1. The Morgan fingerprint density at radius 2 is 1.72 bits per heavy atom. The summed E-state index contributed by atoms with van der Waals surface area (Å²) in [5.74, 6) is 1.61. The van der Waals surface area contributed by atoms with Gasteiger partial charge in [0, 0.05) is 16.1 Å². The average molecular weight is 493 g/mol. The molecule has 0 fully saturated rings. The lowest BCUT2D eigenvalue weighted by Gasteiger charge is -2.09. The van der Waals surface area contributed by atoms with E-state index in [1.165, 1.54) is 0 Å². The van der Waals surface area contributed by atoms with Crippen molar-refractivity contribution in [1.29, 1.82) is 0 Å². The van der Waals surface area contributed by atoms with Gasteiger partial charge in [0.1, 0.15) is 17.2 Å². The standard InChI is InChI=1S/C26H21BrO5/c1-3-30-20-10-4-17(5-11-20)13-24-26(29)25-16(2)12-21(14-23(25)32-24)31-15-22(28)18-6-8-19(27)9-7-18/h4-14H,3,15H2,1-2H3/b24-13-. The van der Waals surface area contributed by atoms with Crippen molar-refractivity contribution in [3.05, 3.63) is 93.1 Å². The van der Waals surface area contributed by atoms with Crippen LogP contribution in [0.5, 0.6) is 17.2 Å². The van der Waals surface area contributed by atoms with Gasteiger partial charge in [-0.1, -0.05) is 40.2 Å². The molecule has 0 atom stereocenters. The Morgan fingerprint density at radius 3 is 2.41 bits per heavy atom.